The Kier molecular flexibility index (Phi) is 3.86. The summed E-state index contributed by atoms with van der Waals surface area (Å²) in [6.07, 6.45) is -1.11. The van der Waals surface area contributed by atoms with Crippen LogP contribution in [-0.2, 0) is 6.18 Å². The SMILES string of the molecule is CC1CCC(O)(C(=O)c2cnccc2C(F)(F)F)CC1. The monoisotopic (exact) mass is 287 g/mol. The van der Waals surface area contributed by atoms with E-state index in [-0.39, 0.29) is 12.8 Å². The topological polar surface area (TPSA) is 50.2 Å². The summed E-state index contributed by atoms with van der Waals surface area (Å²) in [5.41, 5.74) is -3.28. The maximum Gasteiger partial charge on any atom is 0.417 e. The van der Waals surface area contributed by atoms with Gasteiger partial charge in [0.1, 0.15) is 5.60 Å². The molecule has 110 valence electrons. The van der Waals surface area contributed by atoms with Gasteiger partial charge in [-0.05, 0) is 37.7 Å². The number of ketones is 1. The molecule has 0 unspecified atom stereocenters. The van der Waals surface area contributed by atoms with Gasteiger partial charge in [-0.1, -0.05) is 6.92 Å². The quantitative estimate of drug-likeness (QED) is 0.850. The molecule has 0 atom stereocenters. The van der Waals surface area contributed by atoms with Crippen molar-refractivity contribution in [2.24, 2.45) is 5.92 Å². The van der Waals surface area contributed by atoms with Crippen LogP contribution in [0.3, 0.4) is 0 Å². The molecule has 1 aliphatic rings. The van der Waals surface area contributed by atoms with Crippen molar-refractivity contribution in [1.29, 1.82) is 0 Å². The van der Waals surface area contributed by atoms with Gasteiger partial charge in [0, 0.05) is 12.4 Å². The number of hydrogen-bond donors (Lipinski definition) is 1. The fourth-order valence-corrected chi connectivity index (χ4v) is 2.54. The van der Waals surface area contributed by atoms with Crippen molar-refractivity contribution in [2.75, 3.05) is 0 Å². The molecule has 0 spiro atoms. The lowest BCUT2D eigenvalue weighted by Gasteiger charge is -2.33. The van der Waals surface area contributed by atoms with Crippen molar-refractivity contribution in [3.63, 3.8) is 0 Å². The van der Waals surface area contributed by atoms with E-state index in [2.05, 4.69) is 4.98 Å². The molecule has 1 aliphatic carbocycles. The van der Waals surface area contributed by atoms with Gasteiger partial charge in [-0.3, -0.25) is 9.78 Å². The highest BCUT2D eigenvalue weighted by molar-refractivity contribution is 6.03. The van der Waals surface area contributed by atoms with Crippen molar-refractivity contribution in [1.82, 2.24) is 4.98 Å². The second-order valence-electron chi connectivity index (χ2n) is 5.46. The summed E-state index contributed by atoms with van der Waals surface area (Å²) in [6, 6.07) is 0.766. The summed E-state index contributed by atoms with van der Waals surface area (Å²) in [4.78, 5) is 15.9. The van der Waals surface area contributed by atoms with E-state index < -0.39 is 28.7 Å². The first-order valence-corrected chi connectivity index (χ1v) is 6.52. The Labute approximate surface area is 114 Å². The van der Waals surface area contributed by atoms with Crippen molar-refractivity contribution in [3.8, 4) is 0 Å². The fourth-order valence-electron chi connectivity index (χ4n) is 2.54. The first-order valence-electron chi connectivity index (χ1n) is 6.52. The number of alkyl halides is 3. The summed E-state index contributed by atoms with van der Waals surface area (Å²) >= 11 is 0. The molecular weight excluding hydrogens is 271 g/mol. The van der Waals surface area contributed by atoms with Gasteiger partial charge in [0.15, 0.2) is 5.78 Å². The summed E-state index contributed by atoms with van der Waals surface area (Å²) in [6.45, 7) is 2.00. The molecule has 0 amide bonds. The summed E-state index contributed by atoms with van der Waals surface area (Å²) in [7, 11) is 0. The molecule has 1 aromatic rings. The van der Waals surface area contributed by atoms with Gasteiger partial charge in [0.25, 0.3) is 0 Å². The summed E-state index contributed by atoms with van der Waals surface area (Å²) < 4.78 is 38.7. The minimum absolute atomic E-state index is 0.194. The summed E-state index contributed by atoms with van der Waals surface area (Å²) in [5, 5.41) is 10.4. The molecule has 1 saturated carbocycles. The third-order valence-electron chi connectivity index (χ3n) is 3.90. The van der Waals surface area contributed by atoms with Crippen LogP contribution in [-0.4, -0.2) is 21.5 Å². The van der Waals surface area contributed by atoms with Crippen LogP contribution in [0.1, 0.15) is 48.5 Å². The van der Waals surface area contributed by atoms with E-state index in [0.717, 1.165) is 18.5 Å². The number of Topliss-reactive ketones (excluding diaryl/α,β-unsaturated/α-hetero) is 1. The maximum atomic E-state index is 12.9. The molecule has 0 aromatic carbocycles. The average Bonchev–Trinajstić information content (AvgIpc) is 2.40. The van der Waals surface area contributed by atoms with Crippen molar-refractivity contribution >= 4 is 5.78 Å². The van der Waals surface area contributed by atoms with E-state index in [4.69, 9.17) is 0 Å². The molecule has 0 radical (unpaired) electrons. The van der Waals surface area contributed by atoms with Gasteiger partial charge in [0.2, 0.25) is 0 Å². The largest absolute Gasteiger partial charge is 0.417 e. The van der Waals surface area contributed by atoms with Gasteiger partial charge in [0.05, 0.1) is 11.1 Å². The zero-order valence-corrected chi connectivity index (χ0v) is 11.1. The Bertz CT molecular complexity index is 505. The van der Waals surface area contributed by atoms with Gasteiger partial charge in [-0.15, -0.1) is 0 Å². The first-order chi connectivity index (χ1) is 9.24. The molecule has 2 rings (SSSR count). The van der Waals surface area contributed by atoms with E-state index >= 15 is 0 Å². The number of aliphatic hydroxyl groups is 1. The highest BCUT2D eigenvalue weighted by Crippen LogP contribution is 2.37. The summed E-state index contributed by atoms with van der Waals surface area (Å²) in [5.74, 6) is -0.496. The Morgan fingerprint density at radius 1 is 1.40 bits per heavy atom. The van der Waals surface area contributed by atoms with Gasteiger partial charge in [-0.2, -0.15) is 13.2 Å². The van der Waals surface area contributed by atoms with Crippen LogP contribution in [0.2, 0.25) is 0 Å². The molecule has 1 N–H and O–H groups in total. The number of pyridine rings is 1. The van der Waals surface area contributed by atoms with Crippen molar-refractivity contribution in [2.45, 2.75) is 44.4 Å². The Morgan fingerprint density at radius 2 is 2.00 bits per heavy atom. The average molecular weight is 287 g/mol. The van der Waals surface area contributed by atoms with Crippen LogP contribution < -0.4 is 0 Å². The number of halogens is 3. The number of hydrogen-bond acceptors (Lipinski definition) is 3. The second kappa shape index (κ2) is 5.16. The minimum Gasteiger partial charge on any atom is -0.382 e. The molecular formula is C14H16F3NO2. The number of carbonyl (C=O) groups excluding carboxylic acids is 1. The van der Waals surface area contributed by atoms with Gasteiger partial charge < -0.3 is 5.11 Å². The zero-order valence-electron chi connectivity index (χ0n) is 11.1. The molecule has 1 heterocycles. The van der Waals surface area contributed by atoms with E-state index in [0.29, 0.717) is 18.8 Å². The lowest BCUT2D eigenvalue weighted by Crippen LogP contribution is -2.42. The van der Waals surface area contributed by atoms with Crippen molar-refractivity contribution < 1.29 is 23.1 Å². The van der Waals surface area contributed by atoms with Crippen LogP contribution in [0.5, 0.6) is 0 Å². The van der Waals surface area contributed by atoms with Gasteiger partial charge in [-0.25, -0.2) is 0 Å². The fraction of sp³-hybridized carbons (Fsp3) is 0.571. The predicted octanol–water partition coefficient (Wildman–Crippen LogP) is 3.22. The van der Waals surface area contributed by atoms with E-state index in [1.165, 1.54) is 0 Å². The molecule has 0 aliphatic heterocycles. The predicted molar refractivity (Wildman–Crippen MR) is 66.2 cm³/mol. The van der Waals surface area contributed by atoms with E-state index in [1.54, 1.807) is 0 Å². The highest BCUT2D eigenvalue weighted by atomic mass is 19.4. The maximum absolute atomic E-state index is 12.9. The molecule has 20 heavy (non-hydrogen) atoms. The molecule has 0 bridgehead atoms. The lowest BCUT2D eigenvalue weighted by atomic mass is 9.75. The van der Waals surface area contributed by atoms with Crippen LogP contribution in [0.15, 0.2) is 18.5 Å². The van der Waals surface area contributed by atoms with Crippen LogP contribution >= 0.6 is 0 Å². The second-order valence-corrected chi connectivity index (χ2v) is 5.46. The highest BCUT2D eigenvalue weighted by Gasteiger charge is 2.43. The number of aromatic nitrogens is 1. The van der Waals surface area contributed by atoms with Crippen LogP contribution in [0, 0.1) is 5.92 Å². The standard InChI is InChI=1S/C14H16F3NO2/c1-9-2-5-13(20,6-3-9)12(19)10-8-18-7-4-11(10)14(15,16)17/h4,7-9,20H,2-3,5-6H2,1H3. The minimum atomic E-state index is -4.63. The van der Waals surface area contributed by atoms with E-state index in [1.807, 2.05) is 6.92 Å². The molecule has 6 heteroatoms. The van der Waals surface area contributed by atoms with Crippen molar-refractivity contribution in [3.05, 3.63) is 29.6 Å². The van der Waals surface area contributed by atoms with Crippen LogP contribution in [0.25, 0.3) is 0 Å². The third-order valence-corrected chi connectivity index (χ3v) is 3.90. The molecule has 0 saturated heterocycles. The first kappa shape index (κ1) is 15.0. The number of nitrogens with zero attached hydrogens (tertiary/aromatic N) is 1. The van der Waals surface area contributed by atoms with Crippen LogP contribution in [0.4, 0.5) is 13.2 Å². The smallest absolute Gasteiger partial charge is 0.382 e. The normalized spacial score (nSPS) is 27.4. The Hall–Kier alpha value is -1.43. The van der Waals surface area contributed by atoms with Gasteiger partial charge >= 0.3 is 6.18 Å². The Balaban J connectivity index is 2.35. The number of carbonyl (C=O) groups is 1. The van der Waals surface area contributed by atoms with E-state index in [9.17, 15) is 23.1 Å². The zero-order chi connectivity index (χ0) is 15.0. The molecule has 1 aromatic heterocycles. The molecule has 1 fully saturated rings. The molecule has 3 nitrogen and oxygen atoms in total. The third kappa shape index (κ3) is 2.85. The number of rotatable bonds is 2. The Morgan fingerprint density at radius 3 is 2.55 bits per heavy atom. The lowest BCUT2D eigenvalue weighted by molar-refractivity contribution is -0.138.